The lowest BCUT2D eigenvalue weighted by Gasteiger charge is -2.42. The summed E-state index contributed by atoms with van der Waals surface area (Å²) in [6, 6.07) is 8.32. The monoisotopic (exact) mass is 406 g/mol. The van der Waals surface area contributed by atoms with E-state index in [1.807, 2.05) is 26.0 Å². The molecule has 0 bridgehead atoms. The van der Waals surface area contributed by atoms with Crippen LogP contribution in [0.5, 0.6) is 0 Å². The second kappa shape index (κ2) is 6.27. The lowest BCUT2D eigenvalue weighted by Crippen LogP contribution is -2.55. The minimum Gasteiger partial charge on any atom is -0.322 e. The van der Waals surface area contributed by atoms with E-state index in [2.05, 4.69) is 5.32 Å². The van der Waals surface area contributed by atoms with Crippen molar-refractivity contribution in [3.8, 4) is 0 Å². The average Bonchev–Trinajstić information content (AvgIpc) is 2.88. The minimum atomic E-state index is -4.54. The van der Waals surface area contributed by atoms with Crippen molar-refractivity contribution in [2.45, 2.75) is 31.3 Å². The zero-order valence-corrected chi connectivity index (χ0v) is 16.0. The van der Waals surface area contributed by atoms with Gasteiger partial charge in [0.2, 0.25) is 10.8 Å². The van der Waals surface area contributed by atoms with Crippen LogP contribution in [0.15, 0.2) is 36.4 Å². The number of benzene rings is 2. The number of nitrogens with one attached hydrogen (secondary N) is 1. The molecule has 4 rings (SSSR count). The van der Waals surface area contributed by atoms with Crippen molar-refractivity contribution in [1.82, 2.24) is 0 Å². The molecule has 146 valence electrons. The molecular formula is C20H17F3N2O2S. The second-order valence-corrected chi connectivity index (χ2v) is 8.27. The third kappa shape index (κ3) is 2.70. The van der Waals surface area contributed by atoms with Crippen LogP contribution in [0.3, 0.4) is 0 Å². The van der Waals surface area contributed by atoms with Crippen molar-refractivity contribution in [2.75, 3.05) is 16.0 Å². The van der Waals surface area contributed by atoms with Crippen molar-refractivity contribution in [2.24, 2.45) is 0 Å². The van der Waals surface area contributed by atoms with Crippen molar-refractivity contribution in [1.29, 1.82) is 0 Å². The summed E-state index contributed by atoms with van der Waals surface area (Å²) in [6.45, 7) is 3.74. The van der Waals surface area contributed by atoms with Gasteiger partial charge in [-0.3, -0.25) is 14.5 Å². The molecule has 0 radical (unpaired) electrons. The van der Waals surface area contributed by atoms with E-state index in [4.69, 9.17) is 0 Å². The number of nitrogens with zero attached hydrogens (tertiary/aromatic N) is 1. The Morgan fingerprint density at radius 3 is 2.61 bits per heavy atom. The molecule has 1 atom stereocenters. The van der Waals surface area contributed by atoms with Crippen LogP contribution in [0, 0.1) is 13.8 Å². The largest absolute Gasteiger partial charge is 0.416 e. The third-order valence-electron chi connectivity index (χ3n) is 5.01. The number of carbonyl (C=O) groups excluding carboxylic acids is 2. The molecule has 1 N–H and O–H groups in total. The smallest absolute Gasteiger partial charge is 0.322 e. The Morgan fingerprint density at radius 2 is 1.89 bits per heavy atom. The Balaban J connectivity index is 1.95. The van der Waals surface area contributed by atoms with Crippen LogP contribution < -0.4 is 10.2 Å². The number of hydrogen-bond donors (Lipinski definition) is 1. The second-order valence-electron chi connectivity index (χ2n) is 6.98. The number of thioether (sulfide) groups is 1. The molecule has 0 unspecified atom stereocenters. The first kappa shape index (κ1) is 18.9. The van der Waals surface area contributed by atoms with E-state index in [1.54, 1.807) is 0 Å². The van der Waals surface area contributed by atoms with E-state index in [0.29, 0.717) is 17.0 Å². The van der Waals surface area contributed by atoms with Crippen LogP contribution in [0.1, 0.15) is 28.7 Å². The topological polar surface area (TPSA) is 49.4 Å². The van der Waals surface area contributed by atoms with Crippen molar-refractivity contribution >= 4 is 35.0 Å². The summed E-state index contributed by atoms with van der Waals surface area (Å²) in [5.41, 5.74) is 2.20. The summed E-state index contributed by atoms with van der Waals surface area (Å²) < 4.78 is 39.7. The molecule has 8 heteroatoms. The number of alkyl halides is 3. The van der Waals surface area contributed by atoms with E-state index < -0.39 is 22.5 Å². The van der Waals surface area contributed by atoms with Gasteiger partial charge in [-0.2, -0.15) is 13.2 Å². The van der Waals surface area contributed by atoms with Crippen molar-refractivity contribution in [3.05, 3.63) is 58.7 Å². The van der Waals surface area contributed by atoms with Gasteiger partial charge in [-0.05, 0) is 37.6 Å². The highest BCUT2D eigenvalue weighted by Gasteiger charge is 2.56. The van der Waals surface area contributed by atoms with Crippen LogP contribution in [-0.4, -0.2) is 17.6 Å². The van der Waals surface area contributed by atoms with Gasteiger partial charge < -0.3 is 5.32 Å². The number of fused-ring (bicyclic) bond motifs is 2. The molecular weight excluding hydrogens is 389 g/mol. The maximum atomic E-state index is 13.2. The fourth-order valence-corrected chi connectivity index (χ4v) is 5.28. The van der Waals surface area contributed by atoms with Gasteiger partial charge in [0, 0.05) is 23.4 Å². The molecule has 2 amide bonds. The highest BCUT2D eigenvalue weighted by Crippen LogP contribution is 2.53. The lowest BCUT2D eigenvalue weighted by atomic mass is 9.98. The Bertz CT molecular complexity index is 1010. The summed E-state index contributed by atoms with van der Waals surface area (Å²) in [4.78, 5) is 25.8. The molecule has 1 fully saturated rings. The molecule has 1 spiro atoms. The van der Waals surface area contributed by atoms with Gasteiger partial charge in [0.1, 0.15) is 0 Å². The Labute approximate surface area is 164 Å². The number of aryl methyl sites for hydroxylation is 2. The summed E-state index contributed by atoms with van der Waals surface area (Å²) >= 11 is 1.27. The van der Waals surface area contributed by atoms with Crippen molar-refractivity contribution < 1.29 is 22.8 Å². The zero-order chi connectivity index (χ0) is 20.3. The first-order valence-electron chi connectivity index (χ1n) is 8.72. The minimum absolute atomic E-state index is 0.0641. The van der Waals surface area contributed by atoms with Gasteiger partial charge in [0.05, 0.1) is 11.3 Å². The molecule has 1 saturated heterocycles. The quantitative estimate of drug-likeness (QED) is 0.753. The van der Waals surface area contributed by atoms with Gasteiger partial charge >= 0.3 is 6.18 Å². The molecule has 4 nitrogen and oxygen atoms in total. The van der Waals surface area contributed by atoms with Crippen LogP contribution >= 0.6 is 11.8 Å². The number of hydrogen-bond acceptors (Lipinski definition) is 3. The molecule has 2 heterocycles. The molecule has 2 aliphatic rings. The van der Waals surface area contributed by atoms with Crippen LogP contribution in [0.2, 0.25) is 0 Å². The van der Waals surface area contributed by atoms with Crippen LogP contribution in [-0.2, 0) is 20.6 Å². The Hall–Kier alpha value is -2.48. The molecule has 0 saturated carbocycles. The maximum Gasteiger partial charge on any atom is 0.416 e. The number of rotatable bonds is 1. The summed E-state index contributed by atoms with van der Waals surface area (Å²) in [6.07, 6.45) is -4.39. The van der Waals surface area contributed by atoms with E-state index in [9.17, 15) is 22.8 Å². The standard InChI is InChI=1S/C20H17F3N2O2S/c1-11-8-12(2)17-15(9-11)19(18(27)24-17)25(16(26)6-7-28-19)14-5-3-4-13(10-14)20(21,22)23/h3-5,8-10H,6-7H2,1-2H3,(H,24,27)/t19-/m0/s1. The zero-order valence-electron chi connectivity index (χ0n) is 15.2. The predicted octanol–water partition coefficient (Wildman–Crippen LogP) is 4.60. The Morgan fingerprint density at radius 1 is 1.14 bits per heavy atom. The lowest BCUT2D eigenvalue weighted by molar-refractivity contribution is -0.137. The first-order chi connectivity index (χ1) is 13.1. The Kier molecular flexibility index (Phi) is 4.22. The van der Waals surface area contributed by atoms with Crippen molar-refractivity contribution in [3.63, 3.8) is 0 Å². The highest BCUT2D eigenvalue weighted by atomic mass is 32.2. The molecule has 2 aliphatic heterocycles. The van der Waals surface area contributed by atoms with Gasteiger partial charge in [-0.25, -0.2) is 0 Å². The van der Waals surface area contributed by atoms with Crippen LogP contribution in [0.25, 0.3) is 0 Å². The summed E-state index contributed by atoms with van der Waals surface area (Å²) in [5, 5.41) is 2.84. The predicted molar refractivity (Wildman–Crippen MR) is 102 cm³/mol. The number of amides is 2. The highest BCUT2D eigenvalue weighted by molar-refractivity contribution is 8.01. The number of carbonyl (C=O) groups is 2. The third-order valence-corrected chi connectivity index (χ3v) is 6.43. The first-order valence-corrected chi connectivity index (χ1v) is 9.70. The van der Waals surface area contributed by atoms with E-state index in [1.165, 1.54) is 28.8 Å². The van der Waals surface area contributed by atoms with Gasteiger partial charge in [0.25, 0.3) is 5.91 Å². The fraction of sp³-hybridized carbons (Fsp3) is 0.300. The summed E-state index contributed by atoms with van der Waals surface area (Å²) in [7, 11) is 0. The molecule has 0 aliphatic carbocycles. The number of anilines is 2. The number of halogens is 3. The van der Waals surface area contributed by atoms with Gasteiger partial charge in [-0.15, -0.1) is 11.8 Å². The van der Waals surface area contributed by atoms with E-state index in [-0.39, 0.29) is 18.0 Å². The maximum absolute atomic E-state index is 13.2. The van der Waals surface area contributed by atoms with Gasteiger partial charge in [-0.1, -0.05) is 23.8 Å². The summed E-state index contributed by atoms with van der Waals surface area (Å²) in [5.74, 6) is -0.374. The molecule has 2 aromatic carbocycles. The van der Waals surface area contributed by atoms with Gasteiger partial charge in [0.15, 0.2) is 0 Å². The SMILES string of the molecule is Cc1cc(C)c2c(c1)[C@]1(SCCC(=O)N1c1cccc(C(F)(F)F)c1)C(=O)N2. The molecule has 2 aromatic rings. The van der Waals surface area contributed by atoms with Crippen LogP contribution in [0.4, 0.5) is 24.5 Å². The normalized spacial score (nSPS) is 21.8. The average molecular weight is 406 g/mol. The van der Waals surface area contributed by atoms with E-state index in [0.717, 1.165) is 23.3 Å². The fourth-order valence-electron chi connectivity index (χ4n) is 3.87. The van der Waals surface area contributed by atoms with E-state index >= 15 is 0 Å². The molecule has 28 heavy (non-hydrogen) atoms. The molecule has 0 aromatic heterocycles.